The molecule has 0 amide bonds. The first-order valence-electron chi connectivity index (χ1n) is 11.1. The fourth-order valence-corrected chi connectivity index (χ4v) is 5.46. The summed E-state index contributed by atoms with van der Waals surface area (Å²) >= 11 is 12.1. The van der Waals surface area contributed by atoms with E-state index in [9.17, 15) is 10.1 Å². The molecule has 1 aliphatic rings. The second-order valence-electron chi connectivity index (χ2n) is 9.85. The zero-order valence-electron chi connectivity index (χ0n) is 19.7. The molecule has 0 bridgehead atoms. The van der Waals surface area contributed by atoms with Crippen LogP contribution in [0.15, 0.2) is 36.4 Å². The molecule has 0 saturated carbocycles. The highest BCUT2D eigenvalue weighted by atomic mass is 35.5. The lowest BCUT2D eigenvalue weighted by molar-refractivity contribution is -0.144. The molecule has 0 unspecified atom stereocenters. The van der Waals surface area contributed by atoms with E-state index < -0.39 is 35.0 Å². The Morgan fingerprint density at radius 2 is 1.97 bits per heavy atom. The van der Waals surface area contributed by atoms with Crippen LogP contribution in [0.2, 0.25) is 10.0 Å². The topological polar surface area (TPSA) is 53.3 Å². The number of carbonyl (C=O) groups excluding carboxylic acids is 1. The van der Waals surface area contributed by atoms with Crippen molar-refractivity contribution in [2.45, 2.75) is 45.6 Å². The number of hydrogen-bond donors (Lipinski definition) is 0. The van der Waals surface area contributed by atoms with E-state index in [1.807, 2.05) is 20.8 Å². The molecule has 2 aromatic carbocycles. The monoisotopic (exact) mass is 508 g/mol. The second-order valence-corrected chi connectivity index (χ2v) is 10.7. The van der Waals surface area contributed by atoms with Crippen LogP contribution >= 0.6 is 23.2 Å². The van der Waals surface area contributed by atoms with Crippen LogP contribution in [-0.2, 0) is 14.9 Å². The SMILES string of the molecule is CCOC(=O)CN1C[C@@H](CC(C)(C)C)[C@](C#N)(c2ccc(Cl)cc2F)[C@H]1c1cccc(Cl)c1F. The van der Waals surface area contributed by atoms with Gasteiger partial charge in [0.15, 0.2) is 0 Å². The Hall–Kier alpha value is -2.20. The summed E-state index contributed by atoms with van der Waals surface area (Å²) in [6, 6.07) is 10.1. The molecule has 0 spiro atoms. The maximum absolute atomic E-state index is 15.5. The minimum atomic E-state index is -1.51. The molecular weight excluding hydrogens is 481 g/mol. The summed E-state index contributed by atoms with van der Waals surface area (Å²) in [4.78, 5) is 14.2. The maximum Gasteiger partial charge on any atom is 0.320 e. The van der Waals surface area contributed by atoms with Crippen LogP contribution in [0.4, 0.5) is 8.78 Å². The van der Waals surface area contributed by atoms with Crippen molar-refractivity contribution >= 4 is 29.2 Å². The molecule has 3 atom stereocenters. The van der Waals surface area contributed by atoms with Gasteiger partial charge < -0.3 is 4.74 Å². The van der Waals surface area contributed by atoms with Crippen molar-refractivity contribution < 1.29 is 18.3 Å². The van der Waals surface area contributed by atoms with Crippen LogP contribution in [0.3, 0.4) is 0 Å². The highest BCUT2D eigenvalue weighted by molar-refractivity contribution is 6.31. The Labute approximate surface area is 209 Å². The van der Waals surface area contributed by atoms with Crippen molar-refractivity contribution in [2.75, 3.05) is 19.7 Å². The van der Waals surface area contributed by atoms with Gasteiger partial charge in [-0.3, -0.25) is 9.69 Å². The average Bonchev–Trinajstić information content (AvgIpc) is 3.01. The van der Waals surface area contributed by atoms with Gasteiger partial charge >= 0.3 is 5.97 Å². The summed E-state index contributed by atoms with van der Waals surface area (Å²) in [7, 11) is 0. The Balaban J connectivity index is 2.32. The van der Waals surface area contributed by atoms with Gasteiger partial charge in [-0.2, -0.15) is 5.26 Å². The van der Waals surface area contributed by atoms with Gasteiger partial charge in [0.1, 0.15) is 17.0 Å². The number of nitrogens with zero attached hydrogens (tertiary/aromatic N) is 2. The quantitative estimate of drug-likeness (QED) is 0.407. The molecule has 2 aromatic rings. The fraction of sp³-hybridized carbons (Fsp3) is 0.462. The maximum atomic E-state index is 15.5. The van der Waals surface area contributed by atoms with Crippen molar-refractivity contribution in [3.63, 3.8) is 0 Å². The molecule has 0 aromatic heterocycles. The predicted octanol–water partition coefficient (Wildman–Crippen LogP) is 6.71. The number of ether oxygens (including phenoxy) is 1. The van der Waals surface area contributed by atoms with E-state index in [0.29, 0.717) is 6.42 Å². The number of nitriles is 1. The van der Waals surface area contributed by atoms with Crippen molar-refractivity contribution in [1.82, 2.24) is 4.90 Å². The molecule has 0 aliphatic carbocycles. The van der Waals surface area contributed by atoms with Crippen molar-refractivity contribution in [2.24, 2.45) is 11.3 Å². The molecule has 3 rings (SSSR count). The lowest BCUT2D eigenvalue weighted by Crippen LogP contribution is -2.41. The van der Waals surface area contributed by atoms with Crippen LogP contribution in [0, 0.1) is 34.3 Å². The van der Waals surface area contributed by atoms with Gasteiger partial charge in [-0.15, -0.1) is 0 Å². The van der Waals surface area contributed by atoms with E-state index in [2.05, 4.69) is 6.07 Å². The molecule has 1 saturated heterocycles. The third-order valence-electron chi connectivity index (χ3n) is 6.23. The zero-order chi connectivity index (χ0) is 25.3. The summed E-state index contributed by atoms with van der Waals surface area (Å²) in [5.41, 5.74) is -1.50. The Kier molecular flexibility index (Phi) is 7.92. The largest absolute Gasteiger partial charge is 0.465 e. The molecule has 0 N–H and O–H groups in total. The number of benzene rings is 2. The number of halogens is 4. The minimum absolute atomic E-state index is 0.115. The molecule has 1 aliphatic heterocycles. The van der Waals surface area contributed by atoms with Gasteiger partial charge in [-0.05, 0) is 42.9 Å². The van der Waals surface area contributed by atoms with Crippen LogP contribution in [0.1, 0.15) is 51.3 Å². The summed E-state index contributed by atoms with van der Waals surface area (Å²) in [5.74, 6) is -2.28. The normalized spacial score (nSPS) is 23.0. The molecule has 0 radical (unpaired) electrons. The third-order valence-corrected chi connectivity index (χ3v) is 6.76. The Morgan fingerprint density at radius 1 is 1.26 bits per heavy atom. The first-order valence-corrected chi connectivity index (χ1v) is 11.9. The van der Waals surface area contributed by atoms with E-state index in [4.69, 9.17) is 27.9 Å². The number of likely N-dealkylation sites (tertiary alicyclic amines) is 1. The van der Waals surface area contributed by atoms with Crippen LogP contribution in [-0.4, -0.2) is 30.6 Å². The van der Waals surface area contributed by atoms with E-state index >= 15 is 8.78 Å². The van der Waals surface area contributed by atoms with Crippen molar-refractivity contribution in [1.29, 1.82) is 5.26 Å². The average molecular weight is 509 g/mol. The third kappa shape index (κ3) is 5.07. The Morgan fingerprint density at radius 3 is 2.56 bits per heavy atom. The number of rotatable bonds is 6. The zero-order valence-corrected chi connectivity index (χ0v) is 21.2. The standard InChI is InChI=1S/C26H28Cl2F2N2O2/c1-5-34-22(33)14-32-13-16(12-25(2,3)4)26(15-31,19-10-9-17(27)11-21(19)29)24(32)18-7-6-8-20(28)23(18)30/h6-11,16,24H,5,12-14H2,1-4H3/t16-,24-,26-/m1/s1. The van der Waals surface area contributed by atoms with Gasteiger partial charge in [0.25, 0.3) is 0 Å². The minimum Gasteiger partial charge on any atom is -0.465 e. The number of carbonyl (C=O) groups is 1. The summed E-state index contributed by atoms with van der Waals surface area (Å²) in [6.45, 7) is 8.04. The van der Waals surface area contributed by atoms with Gasteiger partial charge in [-0.1, -0.05) is 62.2 Å². The second kappa shape index (κ2) is 10.2. The lowest BCUT2D eigenvalue weighted by atomic mass is 9.63. The van der Waals surface area contributed by atoms with E-state index in [0.717, 1.165) is 6.07 Å². The van der Waals surface area contributed by atoms with Crippen molar-refractivity contribution in [3.8, 4) is 6.07 Å². The fourth-order valence-electron chi connectivity index (χ4n) is 5.12. The van der Waals surface area contributed by atoms with Gasteiger partial charge in [0, 0.05) is 22.7 Å². The molecular formula is C26H28Cl2F2N2O2. The molecule has 4 nitrogen and oxygen atoms in total. The first-order chi connectivity index (χ1) is 15.9. The molecule has 1 fully saturated rings. The van der Waals surface area contributed by atoms with Crippen LogP contribution < -0.4 is 0 Å². The summed E-state index contributed by atoms with van der Waals surface area (Å²) < 4.78 is 36.0. The smallest absolute Gasteiger partial charge is 0.320 e. The first kappa shape index (κ1) is 26.4. The Bertz CT molecular complexity index is 1110. The highest BCUT2D eigenvalue weighted by Gasteiger charge is 2.59. The molecule has 34 heavy (non-hydrogen) atoms. The van der Waals surface area contributed by atoms with Crippen LogP contribution in [0.25, 0.3) is 0 Å². The summed E-state index contributed by atoms with van der Waals surface area (Å²) in [6.07, 6.45) is 0.528. The van der Waals surface area contributed by atoms with Crippen LogP contribution in [0.5, 0.6) is 0 Å². The van der Waals surface area contributed by atoms with Crippen molar-refractivity contribution in [3.05, 3.63) is 69.2 Å². The molecule has 1 heterocycles. The van der Waals surface area contributed by atoms with E-state index in [1.54, 1.807) is 17.9 Å². The molecule has 182 valence electrons. The van der Waals surface area contributed by atoms with Gasteiger partial charge in [0.05, 0.1) is 30.3 Å². The van der Waals surface area contributed by atoms with E-state index in [-0.39, 0.29) is 46.3 Å². The van der Waals surface area contributed by atoms with Gasteiger partial charge in [0.2, 0.25) is 0 Å². The highest BCUT2D eigenvalue weighted by Crippen LogP contribution is 2.56. The molecule has 8 heteroatoms. The number of esters is 1. The van der Waals surface area contributed by atoms with Gasteiger partial charge in [-0.25, -0.2) is 8.78 Å². The number of hydrogen-bond acceptors (Lipinski definition) is 4. The summed E-state index contributed by atoms with van der Waals surface area (Å²) in [5, 5.41) is 10.8. The van der Waals surface area contributed by atoms with E-state index in [1.165, 1.54) is 24.3 Å². The predicted molar refractivity (Wildman–Crippen MR) is 129 cm³/mol. The lowest BCUT2D eigenvalue weighted by Gasteiger charge is -2.38.